The first kappa shape index (κ1) is 17.2. The highest BCUT2D eigenvalue weighted by Crippen LogP contribution is 2.33. The van der Waals surface area contributed by atoms with E-state index >= 15 is 0 Å². The Labute approximate surface area is 122 Å². The molecule has 5 nitrogen and oxygen atoms in total. The van der Waals surface area contributed by atoms with Gasteiger partial charge in [0.1, 0.15) is 5.60 Å². The normalized spacial score (nSPS) is 18.4. The summed E-state index contributed by atoms with van der Waals surface area (Å²) in [4.78, 5) is 11.7. The minimum atomic E-state index is -0.453. The Bertz CT molecular complexity index is 298. The number of ether oxygens (including phenoxy) is 2. The molecule has 0 heterocycles. The van der Waals surface area contributed by atoms with Crippen molar-refractivity contribution in [3.05, 3.63) is 0 Å². The molecule has 1 rings (SSSR count). The van der Waals surface area contributed by atoms with Crippen LogP contribution in [-0.4, -0.2) is 44.0 Å². The standard InChI is InChI=1S/C15H30N2O3/c1-6-12(9-16-14(18)20-15(2,3)4)17-13(10-19-5)11-7-8-11/h11-13,17H,6-10H2,1-5H3,(H,16,18). The molecule has 0 aliphatic heterocycles. The Hall–Kier alpha value is -0.810. The SMILES string of the molecule is CCC(CNC(=O)OC(C)(C)C)NC(COC)C1CC1. The lowest BCUT2D eigenvalue weighted by Crippen LogP contribution is -2.48. The molecule has 1 amide bonds. The van der Waals surface area contributed by atoms with Crippen molar-refractivity contribution in [1.82, 2.24) is 10.6 Å². The van der Waals surface area contributed by atoms with Crippen LogP contribution in [0.2, 0.25) is 0 Å². The molecule has 1 fully saturated rings. The molecule has 5 heteroatoms. The summed E-state index contributed by atoms with van der Waals surface area (Å²) < 4.78 is 10.5. The molecule has 1 aliphatic rings. The number of carbonyl (C=O) groups is 1. The van der Waals surface area contributed by atoms with Crippen LogP contribution in [0.1, 0.15) is 47.0 Å². The van der Waals surface area contributed by atoms with E-state index in [9.17, 15) is 4.79 Å². The minimum absolute atomic E-state index is 0.253. The van der Waals surface area contributed by atoms with Crippen molar-refractivity contribution in [3.8, 4) is 0 Å². The van der Waals surface area contributed by atoms with Gasteiger partial charge in [-0.25, -0.2) is 4.79 Å². The summed E-state index contributed by atoms with van der Waals surface area (Å²) >= 11 is 0. The highest BCUT2D eigenvalue weighted by atomic mass is 16.6. The van der Waals surface area contributed by atoms with E-state index in [2.05, 4.69) is 17.6 Å². The van der Waals surface area contributed by atoms with Crippen molar-refractivity contribution < 1.29 is 14.3 Å². The maximum absolute atomic E-state index is 11.7. The van der Waals surface area contributed by atoms with Crippen LogP contribution in [0.4, 0.5) is 4.79 Å². The van der Waals surface area contributed by atoms with Crippen molar-refractivity contribution in [2.75, 3.05) is 20.3 Å². The summed E-state index contributed by atoms with van der Waals surface area (Å²) in [6.07, 6.45) is 3.16. The van der Waals surface area contributed by atoms with Crippen molar-refractivity contribution in [2.24, 2.45) is 5.92 Å². The molecule has 1 aliphatic carbocycles. The largest absolute Gasteiger partial charge is 0.444 e. The van der Waals surface area contributed by atoms with Crippen molar-refractivity contribution in [2.45, 2.75) is 64.6 Å². The maximum Gasteiger partial charge on any atom is 0.407 e. The van der Waals surface area contributed by atoms with Crippen molar-refractivity contribution in [3.63, 3.8) is 0 Å². The summed E-state index contributed by atoms with van der Waals surface area (Å²) in [6, 6.07) is 0.647. The van der Waals surface area contributed by atoms with Gasteiger partial charge in [-0.05, 0) is 46.0 Å². The van der Waals surface area contributed by atoms with Crippen LogP contribution in [0.3, 0.4) is 0 Å². The lowest BCUT2D eigenvalue weighted by molar-refractivity contribution is 0.0519. The Morgan fingerprint density at radius 1 is 1.35 bits per heavy atom. The van der Waals surface area contributed by atoms with E-state index in [1.165, 1.54) is 12.8 Å². The second-order valence-electron chi connectivity index (χ2n) is 6.55. The lowest BCUT2D eigenvalue weighted by atomic mass is 10.1. The number of methoxy groups -OCH3 is 1. The summed E-state index contributed by atoms with van der Waals surface area (Å²) in [5.74, 6) is 0.727. The first-order chi connectivity index (χ1) is 9.35. The van der Waals surface area contributed by atoms with Crippen LogP contribution in [0.25, 0.3) is 0 Å². The van der Waals surface area contributed by atoms with E-state index in [-0.39, 0.29) is 12.1 Å². The van der Waals surface area contributed by atoms with Gasteiger partial charge in [-0.3, -0.25) is 0 Å². The number of alkyl carbamates (subject to hydrolysis) is 1. The highest BCUT2D eigenvalue weighted by molar-refractivity contribution is 5.67. The number of amides is 1. The molecule has 0 spiro atoms. The second-order valence-corrected chi connectivity index (χ2v) is 6.55. The quantitative estimate of drug-likeness (QED) is 0.719. The van der Waals surface area contributed by atoms with E-state index in [0.29, 0.717) is 12.6 Å². The van der Waals surface area contributed by atoms with Crippen LogP contribution >= 0.6 is 0 Å². The van der Waals surface area contributed by atoms with Gasteiger partial charge >= 0.3 is 6.09 Å². The van der Waals surface area contributed by atoms with Gasteiger partial charge in [0.05, 0.1) is 6.61 Å². The van der Waals surface area contributed by atoms with E-state index in [1.54, 1.807) is 7.11 Å². The summed E-state index contributed by atoms with van der Waals surface area (Å²) in [7, 11) is 1.73. The first-order valence-electron chi connectivity index (χ1n) is 7.57. The third-order valence-electron chi connectivity index (χ3n) is 3.37. The van der Waals surface area contributed by atoms with Crippen LogP contribution in [-0.2, 0) is 9.47 Å². The Morgan fingerprint density at radius 2 is 2.00 bits per heavy atom. The topological polar surface area (TPSA) is 59.6 Å². The molecule has 1 saturated carbocycles. The predicted molar refractivity (Wildman–Crippen MR) is 79.8 cm³/mol. The molecule has 2 unspecified atom stereocenters. The highest BCUT2D eigenvalue weighted by Gasteiger charge is 2.32. The van der Waals surface area contributed by atoms with Gasteiger partial charge in [-0.1, -0.05) is 6.92 Å². The molecular weight excluding hydrogens is 256 g/mol. The summed E-state index contributed by atoms with van der Waals surface area (Å²) in [5.41, 5.74) is -0.453. The number of nitrogens with one attached hydrogen (secondary N) is 2. The van der Waals surface area contributed by atoms with Crippen LogP contribution < -0.4 is 10.6 Å². The molecule has 118 valence electrons. The molecule has 0 radical (unpaired) electrons. The van der Waals surface area contributed by atoms with E-state index in [0.717, 1.165) is 18.9 Å². The third-order valence-corrected chi connectivity index (χ3v) is 3.37. The zero-order valence-corrected chi connectivity index (χ0v) is 13.5. The maximum atomic E-state index is 11.7. The molecular formula is C15H30N2O3. The minimum Gasteiger partial charge on any atom is -0.444 e. The van der Waals surface area contributed by atoms with Gasteiger partial charge < -0.3 is 20.1 Å². The fourth-order valence-corrected chi connectivity index (χ4v) is 2.14. The van der Waals surface area contributed by atoms with Crippen LogP contribution in [0, 0.1) is 5.92 Å². The van der Waals surface area contributed by atoms with Gasteiger partial charge in [0.25, 0.3) is 0 Å². The number of rotatable bonds is 8. The monoisotopic (exact) mass is 286 g/mol. The molecule has 20 heavy (non-hydrogen) atoms. The van der Waals surface area contributed by atoms with Gasteiger partial charge in [0.15, 0.2) is 0 Å². The summed E-state index contributed by atoms with van der Waals surface area (Å²) in [5, 5.41) is 6.42. The third kappa shape index (κ3) is 7.10. The van der Waals surface area contributed by atoms with Crippen LogP contribution in [0.15, 0.2) is 0 Å². The average molecular weight is 286 g/mol. The van der Waals surface area contributed by atoms with Crippen LogP contribution in [0.5, 0.6) is 0 Å². The Morgan fingerprint density at radius 3 is 2.45 bits per heavy atom. The average Bonchev–Trinajstić information content (AvgIpc) is 3.15. The van der Waals surface area contributed by atoms with E-state index < -0.39 is 5.60 Å². The molecule has 0 bridgehead atoms. The van der Waals surface area contributed by atoms with Gasteiger partial charge in [0.2, 0.25) is 0 Å². The Kier molecular flexibility index (Phi) is 6.76. The second kappa shape index (κ2) is 7.84. The van der Waals surface area contributed by atoms with Crippen molar-refractivity contribution in [1.29, 1.82) is 0 Å². The molecule has 0 aromatic heterocycles. The predicted octanol–water partition coefficient (Wildman–Crippen LogP) is 2.30. The number of carbonyl (C=O) groups excluding carboxylic acids is 1. The zero-order valence-electron chi connectivity index (χ0n) is 13.5. The first-order valence-corrected chi connectivity index (χ1v) is 7.57. The smallest absolute Gasteiger partial charge is 0.407 e. The zero-order chi connectivity index (χ0) is 15.2. The fourth-order valence-electron chi connectivity index (χ4n) is 2.14. The molecule has 0 aromatic carbocycles. The molecule has 0 saturated heterocycles. The summed E-state index contributed by atoms with van der Waals surface area (Å²) in [6.45, 7) is 9.02. The molecule has 2 N–H and O–H groups in total. The number of hydrogen-bond acceptors (Lipinski definition) is 4. The Balaban J connectivity index is 2.32. The lowest BCUT2D eigenvalue weighted by Gasteiger charge is -2.26. The molecule has 0 aromatic rings. The van der Waals surface area contributed by atoms with Gasteiger partial charge in [-0.2, -0.15) is 0 Å². The van der Waals surface area contributed by atoms with Gasteiger partial charge in [0, 0.05) is 25.7 Å². The van der Waals surface area contributed by atoms with E-state index in [4.69, 9.17) is 9.47 Å². The number of hydrogen-bond donors (Lipinski definition) is 2. The van der Waals surface area contributed by atoms with E-state index in [1.807, 2.05) is 20.8 Å². The molecule has 2 atom stereocenters. The van der Waals surface area contributed by atoms with Crippen molar-refractivity contribution >= 4 is 6.09 Å². The van der Waals surface area contributed by atoms with Gasteiger partial charge in [-0.15, -0.1) is 0 Å². The fraction of sp³-hybridized carbons (Fsp3) is 0.933.